The molecule has 18 heteroatoms. The summed E-state index contributed by atoms with van der Waals surface area (Å²) >= 11 is 22.0. The van der Waals surface area contributed by atoms with Crippen LogP contribution in [0.25, 0.3) is 30.6 Å². The van der Waals surface area contributed by atoms with Crippen molar-refractivity contribution in [2.75, 3.05) is 19.8 Å². The number of hydrogen-bond acceptors (Lipinski definition) is 13. The molecule has 0 aliphatic heterocycles. The minimum atomic E-state index is -0.809. The van der Waals surface area contributed by atoms with Gasteiger partial charge >= 0.3 is 17.9 Å². The summed E-state index contributed by atoms with van der Waals surface area (Å²) in [7, 11) is 0. The second-order valence-electron chi connectivity index (χ2n) is 9.04. The molecule has 0 bridgehead atoms. The van der Waals surface area contributed by atoms with Gasteiger partial charge < -0.3 is 29.3 Å². The first-order valence-electron chi connectivity index (χ1n) is 13.8. The molecular weight excluding hydrogens is 749 g/mol. The molecule has 0 spiro atoms. The Labute approximate surface area is 297 Å². The van der Waals surface area contributed by atoms with Gasteiger partial charge in [-0.15, -0.1) is 34.0 Å². The first-order valence-corrected chi connectivity index (χ1v) is 17.6. The molecule has 6 rings (SSSR count). The first kappa shape index (κ1) is 36.8. The smallest absolute Gasteiger partial charge is 0.347 e. The maximum Gasteiger partial charge on any atom is 0.347 e. The number of carbonyl (C=O) groups excluding carboxylic acids is 3. The Hall–Kier alpha value is -3.99. The number of rotatable bonds is 6. The van der Waals surface area contributed by atoms with Gasteiger partial charge in [-0.2, -0.15) is 0 Å². The van der Waals surface area contributed by atoms with Gasteiger partial charge in [0, 0.05) is 0 Å². The van der Waals surface area contributed by atoms with Crippen LogP contribution in [-0.4, -0.2) is 57.8 Å². The van der Waals surface area contributed by atoms with Crippen molar-refractivity contribution in [2.45, 2.75) is 20.8 Å². The molecule has 12 nitrogen and oxygen atoms in total. The van der Waals surface area contributed by atoms with Crippen molar-refractivity contribution in [3.8, 4) is 5.75 Å². The van der Waals surface area contributed by atoms with Crippen molar-refractivity contribution < 1.29 is 33.7 Å². The summed E-state index contributed by atoms with van der Waals surface area (Å²) in [6, 6.07) is 5.20. The highest BCUT2D eigenvalue weighted by molar-refractivity contribution is 7.18. The zero-order valence-corrected chi connectivity index (χ0v) is 29.8. The molecule has 6 aromatic heterocycles. The Morgan fingerprint density at radius 3 is 1.71 bits per heavy atom. The molecule has 0 atom stereocenters. The summed E-state index contributed by atoms with van der Waals surface area (Å²) in [5.41, 5.74) is 0.355. The number of halogens is 3. The number of hydrogen-bond donors (Lipinski definition) is 3. The number of ether oxygens (including phenoxy) is 3. The summed E-state index contributed by atoms with van der Waals surface area (Å²) in [5.74, 6) is -2.35. The SMILES string of the molecule is CCOC(=O)c1c(Cl)c2sccc2[nH]c1=O.CCOC(=O)c1c(Cl)nc2ccsc2c1Cl.CCOC(=O)c1c(O)c2sccc2[nH]c1=O. The van der Waals surface area contributed by atoms with Crippen molar-refractivity contribution in [2.24, 2.45) is 0 Å². The summed E-state index contributed by atoms with van der Waals surface area (Å²) < 4.78 is 16.3. The van der Waals surface area contributed by atoms with Gasteiger partial charge in [0.05, 0.1) is 60.5 Å². The van der Waals surface area contributed by atoms with Crippen LogP contribution in [-0.2, 0) is 14.2 Å². The number of pyridine rings is 3. The topological polar surface area (TPSA) is 178 Å². The van der Waals surface area contributed by atoms with E-state index in [1.807, 2.05) is 5.38 Å². The maximum atomic E-state index is 11.6. The van der Waals surface area contributed by atoms with Gasteiger partial charge in [0.1, 0.15) is 16.3 Å². The third kappa shape index (κ3) is 7.83. The Bertz CT molecular complexity index is 2150. The highest BCUT2D eigenvalue weighted by atomic mass is 35.5. The van der Waals surface area contributed by atoms with Gasteiger partial charge in [-0.1, -0.05) is 34.8 Å². The number of nitrogens with zero attached hydrogens (tertiary/aromatic N) is 1. The van der Waals surface area contributed by atoms with E-state index in [0.29, 0.717) is 31.0 Å². The molecule has 0 saturated carbocycles. The van der Waals surface area contributed by atoms with E-state index in [-0.39, 0.29) is 52.4 Å². The standard InChI is InChI=1S/C10H7Cl2NO2S.C10H8ClNO3S.C10H9NO4S/c1-2-15-10(14)6-7(11)8-5(3-4-16-8)13-9(6)12;1-2-15-10(14)6-7(11)8-5(3-4-16-8)12-9(6)13;1-2-15-10(14)6-7(12)8-5(3-4-16-8)11-9(6)13/h3-4H,2H2,1H3;3-4H,2H2,1H3,(H,12,13);3-4H,2H2,1H3,(H2,11,12,13). The van der Waals surface area contributed by atoms with Crippen LogP contribution < -0.4 is 11.1 Å². The van der Waals surface area contributed by atoms with Crippen LogP contribution in [0.5, 0.6) is 5.75 Å². The van der Waals surface area contributed by atoms with Gasteiger partial charge in [-0.25, -0.2) is 19.4 Å². The van der Waals surface area contributed by atoms with Crippen molar-refractivity contribution in [3.05, 3.63) is 86.9 Å². The quantitative estimate of drug-likeness (QED) is 0.0865. The fraction of sp³-hybridized carbons (Fsp3) is 0.200. The van der Waals surface area contributed by atoms with E-state index in [2.05, 4.69) is 15.0 Å². The summed E-state index contributed by atoms with van der Waals surface area (Å²) in [6.45, 7) is 5.65. The highest BCUT2D eigenvalue weighted by Gasteiger charge is 2.22. The maximum absolute atomic E-state index is 11.6. The van der Waals surface area contributed by atoms with E-state index in [1.54, 1.807) is 49.7 Å². The molecule has 6 aromatic rings. The molecule has 0 aliphatic carbocycles. The number of aromatic nitrogens is 3. The van der Waals surface area contributed by atoms with Crippen LogP contribution in [0.4, 0.5) is 0 Å². The molecule has 0 unspecified atom stereocenters. The molecule has 6 heterocycles. The number of fused-ring (bicyclic) bond motifs is 3. The third-order valence-corrected chi connectivity index (χ3v) is 10.1. The van der Waals surface area contributed by atoms with Gasteiger partial charge in [-0.3, -0.25) is 9.59 Å². The summed E-state index contributed by atoms with van der Waals surface area (Å²) in [4.78, 5) is 67.0. The molecule has 0 aliphatic rings. The molecule has 252 valence electrons. The molecule has 0 saturated heterocycles. The largest absolute Gasteiger partial charge is 0.505 e. The molecule has 0 amide bonds. The molecular formula is C30H24Cl3N3O9S3. The van der Waals surface area contributed by atoms with E-state index in [0.717, 1.165) is 4.70 Å². The van der Waals surface area contributed by atoms with E-state index in [1.165, 1.54) is 34.0 Å². The average Bonchev–Trinajstić information content (AvgIpc) is 3.80. The Balaban J connectivity index is 0.000000163. The zero-order valence-electron chi connectivity index (χ0n) is 25.1. The van der Waals surface area contributed by atoms with Crippen molar-refractivity contribution in [1.82, 2.24) is 15.0 Å². The summed E-state index contributed by atoms with van der Waals surface area (Å²) in [5, 5.41) is 15.7. The highest BCUT2D eigenvalue weighted by Crippen LogP contribution is 2.34. The monoisotopic (exact) mass is 771 g/mol. The van der Waals surface area contributed by atoms with Gasteiger partial charge in [0.25, 0.3) is 11.1 Å². The van der Waals surface area contributed by atoms with Crippen LogP contribution in [0.3, 0.4) is 0 Å². The molecule has 0 aromatic carbocycles. The van der Waals surface area contributed by atoms with Gasteiger partial charge in [0.2, 0.25) is 0 Å². The van der Waals surface area contributed by atoms with E-state index < -0.39 is 29.0 Å². The number of aromatic hydroxyl groups is 1. The van der Waals surface area contributed by atoms with E-state index >= 15 is 0 Å². The van der Waals surface area contributed by atoms with Crippen LogP contribution in [0.1, 0.15) is 51.8 Å². The number of thiophene rings is 3. The van der Waals surface area contributed by atoms with Crippen LogP contribution >= 0.6 is 68.8 Å². The number of H-pyrrole nitrogens is 2. The minimum Gasteiger partial charge on any atom is -0.505 e. The zero-order chi connectivity index (χ0) is 35.1. The minimum absolute atomic E-state index is 0.0781. The number of esters is 3. The molecule has 0 radical (unpaired) electrons. The number of nitrogens with one attached hydrogen (secondary N) is 2. The van der Waals surface area contributed by atoms with Crippen LogP contribution in [0.2, 0.25) is 15.2 Å². The predicted molar refractivity (Wildman–Crippen MR) is 189 cm³/mol. The van der Waals surface area contributed by atoms with Crippen molar-refractivity contribution in [1.29, 1.82) is 0 Å². The molecule has 0 fully saturated rings. The average molecular weight is 773 g/mol. The second-order valence-corrected chi connectivity index (χ2v) is 12.9. The summed E-state index contributed by atoms with van der Waals surface area (Å²) in [6.07, 6.45) is 0. The second kappa shape index (κ2) is 16.4. The lowest BCUT2D eigenvalue weighted by Gasteiger charge is -2.06. The van der Waals surface area contributed by atoms with Crippen molar-refractivity contribution in [3.63, 3.8) is 0 Å². The lowest BCUT2D eigenvalue weighted by atomic mass is 10.2. The Morgan fingerprint density at radius 1 is 0.688 bits per heavy atom. The Kier molecular flexibility index (Phi) is 12.6. The predicted octanol–water partition coefficient (Wildman–Crippen LogP) is 7.67. The van der Waals surface area contributed by atoms with Crippen molar-refractivity contribution >= 4 is 117 Å². The van der Waals surface area contributed by atoms with Gasteiger partial charge in [0.15, 0.2) is 11.3 Å². The fourth-order valence-electron chi connectivity index (χ4n) is 4.05. The van der Waals surface area contributed by atoms with E-state index in [9.17, 15) is 29.1 Å². The van der Waals surface area contributed by atoms with E-state index in [4.69, 9.17) is 49.0 Å². The first-order chi connectivity index (χ1) is 22.9. The molecule has 48 heavy (non-hydrogen) atoms. The fourth-order valence-corrected chi connectivity index (χ4v) is 7.52. The lowest BCUT2D eigenvalue weighted by molar-refractivity contribution is 0.0512. The van der Waals surface area contributed by atoms with Crippen LogP contribution in [0, 0.1) is 0 Å². The van der Waals surface area contributed by atoms with Crippen LogP contribution in [0.15, 0.2) is 43.9 Å². The number of carbonyl (C=O) groups is 3. The molecule has 3 N–H and O–H groups in total. The third-order valence-electron chi connectivity index (χ3n) is 6.08. The van der Waals surface area contributed by atoms with Gasteiger partial charge in [-0.05, 0) is 55.1 Å². The normalized spacial score (nSPS) is 10.6. The number of aromatic amines is 2. The Morgan fingerprint density at radius 2 is 1.12 bits per heavy atom. The lowest BCUT2D eigenvalue weighted by Crippen LogP contribution is -2.20.